The Morgan fingerprint density at radius 2 is 2.04 bits per heavy atom. The van der Waals surface area contributed by atoms with Gasteiger partial charge in [-0.05, 0) is 52.7 Å². The highest BCUT2D eigenvalue weighted by molar-refractivity contribution is 6.31. The molecule has 1 aromatic rings. The van der Waals surface area contributed by atoms with Crippen LogP contribution in [0.3, 0.4) is 0 Å². The molecule has 1 aromatic carbocycles. The molecule has 6 nitrogen and oxygen atoms in total. The fourth-order valence-electron chi connectivity index (χ4n) is 2.92. The quantitative estimate of drug-likeness (QED) is 0.705. The van der Waals surface area contributed by atoms with Crippen LogP contribution < -0.4 is 9.64 Å². The summed E-state index contributed by atoms with van der Waals surface area (Å²) in [7, 11) is 0. The van der Waals surface area contributed by atoms with Crippen molar-refractivity contribution in [2.45, 2.75) is 51.7 Å². The summed E-state index contributed by atoms with van der Waals surface area (Å²) in [6, 6.07) is 5.21. The molecule has 1 unspecified atom stereocenters. The standard InChI is InChI=1S/C20H28ClNO5/c1-19(2,3)26-13-20(4,12-23)27-17-9-15(21)8-16(10-17)22-7-5-6-14(11-22)18(24)25/h8-10,12,14H,5-7,11,13H2,1-4H3,(H,24,25)/t14-,20?/m1/s1. The zero-order valence-corrected chi connectivity index (χ0v) is 17.1. The van der Waals surface area contributed by atoms with E-state index in [0.29, 0.717) is 23.7 Å². The molecule has 2 atom stereocenters. The lowest BCUT2D eigenvalue weighted by Gasteiger charge is -2.33. The van der Waals surface area contributed by atoms with Crippen LogP contribution in [0.15, 0.2) is 18.2 Å². The summed E-state index contributed by atoms with van der Waals surface area (Å²) < 4.78 is 11.6. The van der Waals surface area contributed by atoms with Crippen LogP contribution in [0.5, 0.6) is 5.75 Å². The molecule has 7 heteroatoms. The SMILES string of the molecule is CC(C)(C)OCC(C)(C=O)Oc1cc(Cl)cc(N2CCC[C@@H](C(=O)O)C2)c1. The molecule has 0 saturated carbocycles. The fraction of sp³-hybridized carbons (Fsp3) is 0.600. The number of halogens is 1. The van der Waals surface area contributed by atoms with Crippen molar-refractivity contribution in [3.05, 3.63) is 23.2 Å². The van der Waals surface area contributed by atoms with Gasteiger partial charge in [0.25, 0.3) is 0 Å². The Morgan fingerprint density at radius 3 is 2.63 bits per heavy atom. The smallest absolute Gasteiger partial charge is 0.308 e. The molecule has 0 amide bonds. The van der Waals surface area contributed by atoms with Gasteiger partial charge in [-0.15, -0.1) is 0 Å². The Hall–Kier alpha value is -1.79. The Morgan fingerprint density at radius 1 is 1.33 bits per heavy atom. The Bertz CT molecular complexity index is 687. The van der Waals surface area contributed by atoms with Gasteiger partial charge in [0.15, 0.2) is 11.9 Å². The Balaban J connectivity index is 2.18. The lowest BCUT2D eigenvalue weighted by molar-refractivity contribution is -0.142. The van der Waals surface area contributed by atoms with Gasteiger partial charge in [-0.3, -0.25) is 9.59 Å². The molecule has 0 spiro atoms. The lowest BCUT2D eigenvalue weighted by atomic mass is 9.98. The fourth-order valence-corrected chi connectivity index (χ4v) is 3.14. The molecule has 0 aliphatic carbocycles. The van der Waals surface area contributed by atoms with Gasteiger partial charge < -0.3 is 19.5 Å². The molecule has 1 fully saturated rings. The summed E-state index contributed by atoms with van der Waals surface area (Å²) in [4.78, 5) is 24.9. The van der Waals surface area contributed by atoms with Gasteiger partial charge in [-0.1, -0.05) is 11.6 Å². The van der Waals surface area contributed by atoms with E-state index in [2.05, 4.69) is 0 Å². The van der Waals surface area contributed by atoms with Crippen molar-refractivity contribution in [1.29, 1.82) is 0 Å². The van der Waals surface area contributed by atoms with Gasteiger partial charge in [0.1, 0.15) is 5.75 Å². The number of aliphatic carboxylic acids is 1. The van der Waals surface area contributed by atoms with Crippen LogP contribution in [0.4, 0.5) is 5.69 Å². The highest BCUT2D eigenvalue weighted by atomic mass is 35.5. The molecule has 150 valence electrons. The number of carbonyl (C=O) groups excluding carboxylic acids is 1. The van der Waals surface area contributed by atoms with Crippen molar-refractivity contribution in [2.75, 3.05) is 24.6 Å². The molecule has 1 aliphatic rings. The van der Waals surface area contributed by atoms with Crippen molar-refractivity contribution < 1.29 is 24.2 Å². The first-order chi connectivity index (χ1) is 12.5. The largest absolute Gasteiger partial charge is 0.481 e. The van der Waals surface area contributed by atoms with E-state index in [-0.39, 0.29) is 6.61 Å². The second-order valence-corrected chi connectivity index (χ2v) is 8.64. The number of piperidine rings is 1. The number of carbonyl (C=O) groups is 2. The Kier molecular flexibility index (Phi) is 6.76. The van der Waals surface area contributed by atoms with Gasteiger partial charge in [0.05, 0.1) is 18.1 Å². The van der Waals surface area contributed by atoms with E-state index in [1.165, 1.54) is 0 Å². The van der Waals surface area contributed by atoms with Crippen molar-refractivity contribution in [1.82, 2.24) is 0 Å². The highest BCUT2D eigenvalue weighted by Gasteiger charge is 2.30. The highest BCUT2D eigenvalue weighted by Crippen LogP contribution is 2.32. The summed E-state index contributed by atoms with van der Waals surface area (Å²) in [5, 5.41) is 9.75. The molecule has 0 bridgehead atoms. The zero-order chi connectivity index (χ0) is 20.2. The third-order valence-electron chi connectivity index (χ3n) is 4.38. The van der Waals surface area contributed by atoms with Crippen LogP contribution in [0.2, 0.25) is 5.02 Å². The minimum Gasteiger partial charge on any atom is -0.481 e. The maximum Gasteiger partial charge on any atom is 0.308 e. The van der Waals surface area contributed by atoms with Gasteiger partial charge in [-0.2, -0.15) is 0 Å². The molecule has 1 N–H and O–H groups in total. The number of nitrogens with zero attached hydrogens (tertiary/aromatic N) is 1. The van der Waals surface area contributed by atoms with Crippen LogP contribution in [-0.4, -0.2) is 48.3 Å². The van der Waals surface area contributed by atoms with E-state index in [9.17, 15) is 14.7 Å². The molecular formula is C20H28ClNO5. The van der Waals surface area contributed by atoms with Crippen molar-refractivity contribution in [3.63, 3.8) is 0 Å². The normalized spacial score (nSPS) is 20.0. The average Bonchev–Trinajstić information content (AvgIpc) is 2.59. The molecule has 1 aliphatic heterocycles. The average molecular weight is 398 g/mol. The van der Waals surface area contributed by atoms with Gasteiger partial charge in [-0.25, -0.2) is 0 Å². The number of anilines is 1. The summed E-state index contributed by atoms with van der Waals surface area (Å²) >= 11 is 6.25. The molecule has 27 heavy (non-hydrogen) atoms. The van der Waals surface area contributed by atoms with Gasteiger partial charge in [0, 0.05) is 29.9 Å². The predicted octanol–water partition coefficient (Wildman–Crippen LogP) is 3.79. The van der Waals surface area contributed by atoms with Crippen LogP contribution in [-0.2, 0) is 14.3 Å². The van der Waals surface area contributed by atoms with E-state index < -0.39 is 23.1 Å². The van der Waals surface area contributed by atoms with Crippen molar-refractivity contribution in [3.8, 4) is 5.75 Å². The number of ether oxygens (including phenoxy) is 2. The zero-order valence-electron chi connectivity index (χ0n) is 16.3. The van der Waals surface area contributed by atoms with Crippen LogP contribution >= 0.6 is 11.6 Å². The van der Waals surface area contributed by atoms with Gasteiger partial charge in [0.2, 0.25) is 0 Å². The molecule has 1 saturated heterocycles. The monoisotopic (exact) mass is 397 g/mol. The first-order valence-electron chi connectivity index (χ1n) is 9.09. The molecule has 1 heterocycles. The number of benzene rings is 1. The maximum absolute atomic E-state index is 11.6. The first-order valence-corrected chi connectivity index (χ1v) is 9.47. The molecule has 2 rings (SSSR count). The Labute approximate surface area is 165 Å². The van der Waals surface area contributed by atoms with E-state index in [1.54, 1.807) is 25.1 Å². The predicted molar refractivity (Wildman–Crippen MR) is 105 cm³/mol. The third-order valence-corrected chi connectivity index (χ3v) is 4.60. The molecular weight excluding hydrogens is 370 g/mol. The third kappa shape index (κ3) is 6.40. The maximum atomic E-state index is 11.6. The minimum absolute atomic E-state index is 0.104. The van der Waals surface area contributed by atoms with Gasteiger partial charge >= 0.3 is 5.97 Å². The number of aldehydes is 1. The van der Waals surface area contributed by atoms with Crippen LogP contribution in [0.25, 0.3) is 0 Å². The van der Waals surface area contributed by atoms with E-state index in [1.807, 2.05) is 25.7 Å². The van der Waals surface area contributed by atoms with Crippen molar-refractivity contribution >= 4 is 29.5 Å². The second-order valence-electron chi connectivity index (χ2n) is 8.20. The van der Waals surface area contributed by atoms with Crippen molar-refractivity contribution in [2.24, 2.45) is 5.92 Å². The first kappa shape index (κ1) is 21.5. The summed E-state index contributed by atoms with van der Waals surface area (Å²) in [5.74, 6) is -0.740. The van der Waals surface area contributed by atoms with E-state index in [4.69, 9.17) is 21.1 Å². The number of rotatable bonds is 7. The second kappa shape index (κ2) is 8.48. The number of hydrogen-bond donors (Lipinski definition) is 1. The summed E-state index contributed by atoms with van der Waals surface area (Å²) in [6.45, 7) is 8.66. The molecule has 0 aromatic heterocycles. The topological polar surface area (TPSA) is 76.1 Å². The number of carboxylic acid groups (broad SMARTS) is 1. The number of hydrogen-bond acceptors (Lipinski definition) is 5. The van der Waals surface area contributed by atoms with Crippen LogP contribution in [0.1, 0.15) is 40.5 Å². The van der Waals surface area contributed by atoms with E-state index in [0.717, 1.165) is 24.9 Å². The lowest BCUT2D eigenvalue weighted by Crippen LogP contribution is -2.42. The minimum atomic E-state index is -1.15. The summed E-state index contributed by atoms with van der Waals surface area (Å²) in [6.07, 6.45) is 2.19. The van der Waals surface area contributed by atoms with Crippen LogP contribution in [0, 0.1) is 5.92 Å². The number of carboxylic acids is 1. The van der Waals surface area contributed by atoms with E-state index >= 15 is 0 Å². The molecule has 0 radical (unpaired) electrons. The summed E-state index contributed by atoms with van der Waals surface area (Å²) in [5.41, 5.74) is -0.763.